The standard InChI is InChI=1S/C38H43FN4O9S/c39-31-15-9-11-25-21-42(23-30(25)31)37(48)52-28-19-32-34(45)40-38(36(47)41-53(49,50)29-16-17-29)20-26(38)12-6-3-1-2-5-10-24(35(46)43(32)22-28)18-33(44)51-27-13-7-4-8-14-27/h4,6-9,11-15,24,26,28-29,32H,1-3,5,10,16-23H2,(H,40,45)(H,41,47)/b12-6-/t24-,26+,28-,32+,38-/m1/s1. The third kappa shape index (κ3) is 8.09. The van der Waals surface area contributed by atoms with Crippen LogP contribution in [0.25, 0.3) is 0 Å². The number of fused-ring (bicyclic) bond motifs is 3. The maximum atomic E-state index is 14.4. The van der Waals surface area contributed by atoms with Crippen LogP contribution in [0.15, 0.2) is 60.7 Å². The third-order valence-electron chi connectivity index (χ3n) is 10.8. The van der Waals surface area contributed by atoms with Crippen molar-refractivity contribution >= 4 is 39.8 Å². The van der Waals surface area contributed by atoms with E-state index in [4.69, 9.17) is 9.47 Å². The topological polar surface area (TPSA) is 168 Å². The lowest BCUT2D eigenvalue weighted by Crippen LogP contribution is -2.57. The number of halogens is 1. The summed E-state index contributed by atoms with van der Waals surface area (Å²) < 4.78 is 53.5. The molecule has 7 rings (SSSR count). The van der Waals surface area contributed by atoms with Gasteiger partial charge in [0.2, 0.25) is 21.8 Å². The number of esters is 1. The van der Waals surface area contributed by atoms with Crippen LogP contribution in [0.3, 0.4) is 0 Å². The van der Waals surface area contributed by atoms with Gasteiger partial charge in [0.15, 0.2) is 0 Å². The Kier molecular flexibility index (Phi) is 10.3. The molecule has 0 spiro atoms. The first-order valence-electron chi connectivity index (χ1n) is 18.3. The van der Waals surface area contributed by atoms with Crippen LogP contribution in [-0.4, -0.2) is 77.5 Å². The Labute approximate surface area is 307 Å². The first-order chi connectivity index (χ1) is 25.4. The minimum absolute atomic E-state index is 0.00201. The first kappa shape index (κ1) is 36.6. The molecule has 3 heterocycles. The van der Waals surface area contributed by atoms with Crippen LogP contribution in [0.5, 0.6) is 5.75 Å². The Morgan fingerprint density at radius 2 is 1.77 bits per heavy atom. The highest BCUT2D eigenvalue weighted by molar-refractivity contribution is 7.91. The number of amides is 4. The third-order valence-corrected chi connectivity index (χ3v) is 12.6. The fraction of sp³-hybridized carbons (Fsp3) is 0.500. The van der Waals surface area contributed by atoms with Gasteiger partial charge in [-0.2, -0.15) is 0 Å². The number of allylic oxidation sites excluding steroid dienone is 1. The molecule has 2 aromatic carbocycles. The zero-order valence-corrected chi connectivity index (χ0v) is 30.0. The normalized spacial score (nSPS) is 27.9. The number of nitrogens with zero attached hydrogens (tertiary/aromatic N) is 2. The minimum Gasteiger partial charge on any atom is -0.444 e. The average Bonchev–Trinajstić information content (AvgIpc) is 4.01. The molecular weight excluding hydrogens is 708 g/mol. The van der Waals surface area contributed by atoms with Crippen molar-refractivity contribution in [2.45, 2.75) is 100 Å². The SMILES string of the molecule is O=C(C[C@H]1CCCCC/C=C\[C@H]2C[C@@]2(C(=O)NS(=O)(=O)C2CC2)NC(=O)[C@@H]2C[C@@H](OC(=O)N3Cc4cccc(F)c4C3)CN2C1=O)Oc1ccccc1. The van der Waals surface area contributed by atoms with E-state index in [-0.39, 0.29) is 38.9 Å². The molecular formula is C38H43FN4O9S. The minimum atomic E-state index is -3.92. The van der Waals surface area contributed by atoms with Crippen molar-refractivity contribution in [2.75, 3.05) is 6.54 Å². The summed E-state index contributed by atoms with van der Waals surface area (Å²) in [7, 11) is -3.92. The van der Waals surface area contributed by atoms with Gasteiger partial charge in [-0.3, -0.25) is 28.8 Å². The molecule has 3 fully saturated rings. The Balaban J connectivity index is 1.13. The van der Waals surface area contributed by atoms with Crippen molar-refractivity contribution in [1.82, 2.24) is 19.8 Å². The summed E-state index contributed by atoms with van der Waals surface area (Å²) >= 11 is 0. The summed E-state index contributed by atoms with van der Waals surface area (Å²) in [4.78, 5) is 71.4. The zero-order chi connectivity index (χ0) is 37.3. The summed E-state index contributed by atoms with van der Waals surface area (Å²) in [5.41, 5.74) is -0.506. The van der Waals surface area contributed by atoms with Crippen molar-refractivity contribution in [1.29, 1.82) is 0 Å². The summed E-state index contributed by atoms with van der Waals surface area (Å²) in [6.45, 7) is -0.0320. The molecule has 2 saturated carbocycles. The van der Waals surface area contributed by atoms with E-state index in [0.717, 1.165) is 12.8 Å². The van der Waals surface area contributed by atoms with Crippen molar-refractivity contribution < 1.29 is 46.3 Å². The average molecular weight is 751 g/mol. The van der Waals surface area contributed by atoms with Crippen LogP contribution in [0.1, 0.15) is 75.3 Å². The molecule has 2 aliphatic carbocycles. The molecule has 282 valence electrons. The number of hydrogen-bond donors (Lipinski definition) is 2. The number of ether oxygens (including phenoxy) is 2. The number of carbonyl (C=O) groups excluding carboxylic acids is 5. The predicted octanol–water partition coefficient (Wildman–Crippen LogP) is 3.86. The Morgan fingerprint density at radius 1 is 0.981 bits per heavy atom. The van der Waals surface area contributed by atoms with Crippen LogP contribution in [0.2, 0.25) is 0 Å². The molecule has 0 unspecified atom stereocenters. The fourth-order valence-corrected chi connectivity index (χ4v) is 8.93. The van der Waals surface area contributed by atoms with Gasteiger partial charge >= 0.3 is 12.1 Å². The van der Waals surface area contributed by atoms with Crippen LogP contribution in [0, 0.1) is 17.7 Å². The number of nitrogens with one attached hydrogen (secondary N) is 2. The number of benzene rings is 2. The Bertz CT molecular complexity index is 1920. The van der Waals surface area contributed by atoms with Crippen molar-refractivity contribution in [3.05, 3.63) is 77.6 Å². The van der Waals surface area contributed by atoms with E-state index < -0.39 is 80.4 Å². The Morgan fingerprint density at radius 3 is 2.53 bits per heavy atom. The monoisotopic (exact) mass is 750 g/mol. The summed E-state index contributed by atoms with van der Waals surface area (Å²) in [5.74, 6) is -4.09. The molecule has 13 nitrogen and oxygen atoms in total. The molecule has 2 aromatic rings. The van der Waals surface area contributed by atoms with Crippen LogP contribution in [0.4, 0.5) is 9.18 Å². The molecule has 5 atom stereocenters. The van der Waals surface area contributed by atoms with E-state index in [1.54, 1.807) is 42.5 Å². The van der Waals surface area contributed by atoms with E-state index >= 15 is 0 Å². The lowest BCUT2D eigenvalue weighted by atomic mass is 9.95. The molecule has 3 aliphatic heterocycles. The molecule has 53 heavy (non-hydrogen) atoms. The number of sulfonamides is 1. The van der Waals surface area contributed by atoms with Gasteiger partial charge in [0.05, 0.1) is 24.8 Å². The Hall–Kier alpha value is -4.79. The largest absolute Gasteiger partial charge is 0.444 e. The maximum absolute atomic E-state index is 14.4. The highest BCUT2D eigenvalue weighted by Gasteiger charge is 2.62. The maximum Gasteiger partial charge on any atom is 0.410 e. The highest BCUT2D eigenvalue weighted by Crippen LogP contribution is 2.46. The van der Waals surface area contributed by atoms with Gasteiger partial charge in [-0.1, -0.05) is 55.3 Å². The summed E-state index contributed by atoms with van der Waals surface area (Å²) in [6.07, 6.45) is 5.91. The van der Waals surface area contributed by atoms with Crippen LogP contribution >= 0.6 is 0 Å². The molecule has 0 radical (unpaired) electrons. The van der Waals surface area contributed by atoms with Gasteiger partial charge in [0.1, 0.15) is 29.3 Å². The predicted molar refractivity (Wildman–Crippen MR) is 188 cm³/mol. The quantitative estimate of drug-likeness (QED) is 0.243. The second kappa shape index (κ2) is 14.9. The molecule has 0 bridgehead atoms. The second-order valence-electron chi connectivity index (χ2n) is 14.7. The van der Waals surface area contributed by atoms with Gasteiger partial charge in [0.25, 0.3) is 5.91 Å². The van der Waals surface area contributed by atoms with Gasteiger partial charge in [-0.05, 0) is 62.3 Å². The van der Waals surface area contributed by atoms with Gasteiger partial charge in [0, 0.05) is 30.4 Å². The van der Waals surface area contributed by atoms with Crippen molar-refractivity contribution in [3.8, 4) is 5.75 Å². The van der Waals surface area contributed by atoms with E-state index in [1.165, 1.54) is 15.9 Å². The summed E-state index contributed by atoms with van der Waals surface area (Å²) in [5, 5.41) is 2.15. The van der Waals surface area contributed by atoms with Gasteiger partial charge < -0.3 is 19.7 Å². The smallest absolute Gasteiger partial charge is 0.410 e. The molecule has 1 saturated heterocycles. The van der Waals surface area contributed by atoms with Crippen LogP contribution < -0.4 is 14.8 Å². The lowest BCUT2D eigenvalue weighted by Gasteiger charge is -2.29. The van der Waals surface area contributed by atoms with E-state index in [9.17, 15) is 36.8 Å². The van der Waals surface area contributed by atoms with Crippen molar-refractivity contribution in [2.24, 2.45) is 11.8 Å². The molecule has 15 heteroatoms. The zero-order valence-electron chi connectivity index (χ0n) is 29.2. The fourth-order valence-electron chi connectivity index (χ4n) is 7.57. The number of hydrogen-bond acceptors (Lipinski definition) is 9. The number of para-hydroxylation sites is 1. The van der Waals surface area contributed by atoms with Crippen LogP contribution in [-0.2, 0) is 47.0 Å². The second-order valence-corrected chi connectivity index (χ2v) is 16.6. The van der Waals surface area contributed by atoms with E-state index in [2.05, 4.69) is 10.0 Å². The summed E-state index contributed by atoms with van der Waals surface area (Å²) in [6, 6.07) is 11.9. The number of rotatable bonds is 7. The molecule has 4 amide bonds. The molecule has 5 aliphatic rings. The lowest BCUT2D eigenvalue weighted by molar-refractivity contribution is -0.146. The molecule has 0 aromatic heterocycles. The molecule has 2 N–H and O–H groups in total. The number of carbonyl (C=O) groups is 5. The van der Waals surface area contributed by atoms with Gasteiger partial charge in [-0.25, -0.2) is 17.6 Å². The highest BCUT2D eigenvalue weighted by atomic mass is 32.2. The first-order valence-corrected chi connectivity index (χ1v) is 19.8. The van der Waals surface area contributed by atoms with E-state index in [1.807, 2.05) is 12.2 Å². The van der Waals surface area contributed by atoms with Gasteiger partial charge in [-0.15, -0.1) is 0 Å². The van der Waals surface area contributed by atoms with E-state index in [0.29, 0.717) is 49.0 Å². The van der Waals surface area contributed by atoms with Crippen molar-refractivity contribution in [3.63, 3.8) is 0 Å².